The third-order valence-corrected chi connectivity index (χ3v) is 11.4. The number of hydrogen-bond donors (Lipinski definition) is 0. The molecule has 8 nitrogen and oxygen atoms in total. The maximum atomic E-state index is 12.8. The number of esters is 2. The maximum Gasteiger partial charge on any atom is 0.347 e. The Labute approximate surface area is 351 Å². The Hall–Kier alpha value is -2.22. The Kier molecular flexibility index (Phi) is 36.4. The summed E-state index contributed by atoms with van der Waals surface area (Å²) in [6, 6.07) is 1.90. The van der Waals surface area contributed by atoms with E-state index in [1.807, 2.05) is 19.2 Å². The van der Waals surface area contributed by atoms with E-state index in [0.29, 0.717) is 26.0 Å². The third-order valence-electron chi connectivity index (χ3n) is 11.4. The summed E-state index contributed by atoms with van der Waals surface area (Å²) in [5.41, 5.74) is 0.596. The van der Waals surface area contributed by atoms with Crippen molar-refractivity contribution in [3.8, 4) is 0 Å². The van der Waals surface area contributed by atoms with Gasteiger partial charge < -0.3 is 14.4 Å². The van der Waals surface area contributed by atoms with Crippen molar-refractivity contribution < 1.29 is 19.1 Å². The van der Waals surface area contributed by atoms with Crippen LogP contribution in [0.5, 0.6) is 0 Å². The number of carbonyl (C=O) groups is 2. The number of carbonyl (C=O) groups excluding carboxylic acids is 2. The van der Waals surface area contributed by atoms with Crippen molar-refractivity contribution in [1.82, 2.24) is 14.5 Å². The van der Waals surface area contributed by atoms with Crippen LogP contribution < -0.4 is 5.69 Å². The Balaban J connectivity index is 2.36. The summed E-state index contributed by atoms with van der Waals surface area (Å²) in [6.45, 7) is 13.0. The molecule has 0 radical (unpaired) electrons. The molecular weight excluding hydrogens is 711 g/mol. The standard InChI is InChI=1S/C49H91N3O5/c1-5-8-11-14-19-26-34-46(35-27-20-15-12-9-6-2)57-48(54)37-29-22-18-24-31-40-51(41-33-42-52-43-38-45(4)50-49(52)55)39-30-23-17-21-28-36-47(53)56-44-32-25-16-13-10-7-3/h38,43,46H,5-37,39-42,44H2,1-4H3. The van der Waals surface area contributed by atoms with Gasteiger partial charge in [-0.25, -0.2) is 4.79 Å². The van der Waals surface area contributed by atoms with E-state index in [1.165, 1.54) is 116 Å². The summed E-state index contributed by atoms with van der Waals surface area (Å²) in [5.74, 6) is -0.0294. The average molecular weight is 802 g/mol. The van der Waals surface area contributed by atoms with Gasteiger partial charge in [-0.15, -0.1) is 0 Å². The highest BCUT2D eigenvalue weighted by Gasteiger charge is 2.14. The van der Waals surface area contributed by atoms with E-state index in [9.17, 15) is 14.4 Å². The van der Waals surface area contributed by atoms with Crippen LogP contribution in [0.2, 0.25) is 0 Å². The average Bonchev–Trinajstić information content (AvgIpc) is 3.19. The van der Waals surface area contributed by atoms with Crippen LogP contribution in [-0.4, -0.2) is 58.7 Å². The molecule has 1 aromatic heterocycles. The molecule has 0 fully saturated rings. The van der Waals surface area contributed by atoms with Crippen molar-refractivity contribution >= 4 is 11.9 Å². The number of rotatable bonds is 42. The molecule has 1 heterocycles. The van der Waals surface area contributed by atoms with Gasteiger partial charge in [0.25, 0.3) is 0 Å². The molecule has 1 aromatic rings. The van der Waals surface area contributed by atoms with Crippen molar-refractivity contribution in [1.29, 1.82) is 0 Å². The fourth-order valence-electron chi connectivity index (χ4n) is 7.71. The van der Waals surface area contributed by atoms with Crippen LogP contribution >= 0.6 is 0 Å². The highest BCUT2D eigenvalue weighted by Crippen LogP contribution is 2.19. The first-order valence-electron chi connectivity index (χ1n) is 24.5. The summed E-state index contributed by atoms with van der Waals surface area (Å²) >= 11 is 0. The van der Waals surface area contributed by atoms with Crippen LogP contribution in [0.15, 0.2) is 17.1 Å². The molecule has 0 aliphatic rings. The lowest BCUT2D eigenvalue weighted by Crippen LogP contribution is -2.30. The molecule has 57 heavy (non-hydrogen) atoms. The Morgan fingerprint density at radius 2 is 1.02 bits per heavy atom. The summed E-state index contributed by atoms with van der Waals surface area (Å²) in [6.07, 6.45) is 39.4. The maximum absolute atomic E-state index is 12.8. The summed E-state index contributed by atoms with van der Waals surface area (Å²) < 4.78 is 13.2. The van der Waals surface area contributed by atoms with E-state index >= 15 is 0 Å². The van der Waals surface area contributed by atoms with Gasteiger partial charge in [-0.2, -0.15) is 4.98 Å². The highest BCUT2D eigenvalue weighted by atomic mass is 16.5. The zero-order valence-corrected chi connectivity index (χ0v) is 38.0. The number of hydrogen-bond acceptors (Lipinski definition) is 7. The van der Waals surface area contributed by atoms with Gasteiger partial charge in [0.05, 0.1) is 6.61 Å². The third kappa shape index (κ3) is 33.3. The first-order valence-corrected chi connectivity index (χ1v) is 24.5. The Bertz CT molecular complexity index is 1110. The second-order valence-corrected chi connectivity index (χ2v) is 17.0. The van der Waals surface area contributed by atoms with Crippen molar-refractivity contribution in [2.75, 3.05) is 26.2 Å². The molecular formula is C49H91N3O5. The molecule has 0 aliphatic heterocycles. The molecule has 0 saturated carbocycles. The lowest BCUT2D eigenvalue weighted by molar-refractivity contribution is -0.150. The lowest BCUT2D eigenvalue weighted by atomic mass is 10.0. The van der Waals surface area contributed by atoms with E-state index in [-0.39, 0.29) is 23.7 Å². The fraction of sp³-hybridized carbons (Fsp3) is 0.878. The quantitative estimate of drug-likeness (QED) is 0.0480. The van der Waals surface area contributed by atoms with Gasteiger partial charge in [-0.3, -0.25) is 14.2 Å². The van der Waals surface area contributed by atoms with Gasteiger partial charge in [0.15, 0.2) is 0 Å². The molecule has 332 valence electrons. The summed E-state index contributed by atoms with van der Waals surface area (Å²) in [5, 5.41) is 0. The fourth-order valence-corrected chi connectivity index (χ4v) is 7.71. The first-order chi connectivity index (χ1) is 27.9. The molecule has 0 spiro atoms. The topological polar surface area (TPSA) is 90.7 Å². The molecule has 0 saturated heterocycles. The van der Waals surface area contributed by atoms with E-state index in [2.05, 4.69) is 30.7 Å². The number of ether oxygens (including phenoxy) is 2. The molecule has 0 N–H and O–H groups in total. The van der Waals surface area contributed by atoms with Crippen LogP contribution in [0.4, 0.5) is 0 Å². The van der Waals surface area contributed by atoms with Crippen LogP contribution in [0, 0.1) is 6.92 Å². The minimum atomic E-state index is -0.164. The zero-order valence-electron chi connectivity index (χ0n) is 38.0. The normalized spacial score (nSPS) is 11.5. The smallest absolute Gasteiger partial charge is 0.347 e. The molecule has 0 amide bonds. The minimum absolute atomic E-state index is 0.00875. The molecule has 1 rings (SSSR count). The molecule has 0 aromatic carbocycles. The van der Waals surface area contributed by atoms with Gasteiger partial charge in [0.1, 0.15) is 6.10 Å². The van der Waals surface area contributed by atoms with Crippen molar-refractivity contribution in [3.63, 3.8) is 0 Å². The van der Waals surface area contributed by atoms with Gasteiger partial charge in [-0.1, -0.05) is 156 Å². The van der Waals surface area contributed by atoms with E-state index < -0.39 is 0 Å². The molecule has 0 aliphatic carbocycles. The van der Waals surface area contributed by atoms with Crippen LogP contribution in [0.1, 0.15) is 238 Å². The predicted octanol–water partition coefficient (Wildman–Crippen LogP) is 13.2. The van der Waals surface area contributed by atoms with Crippen molar-refractivity contribution in [2.24, 2.45) is 0 Å². The summed E-state index contributed by atoms with van der Waals surface area (Å²) in [7, 11) is 0. The second kappa shape index (κ2) is 39.3. The Morgan fingerprint density at radius 1 is 0.579 bits per heavy atom. The monoisotopic (exact) mass is 802 g/mol. The number of nitrogens with zero attached hydrogens (tertiary/aromatic N) is 3. The lowest BCUT2D eigenvalue weighted by Gasteiger charge is -2.22. The minimum Gasteiger partial charge on any atom is -0.466 e. The number of unbranched alkanes of at least 4 members (excludes halogenated alkanes) is 23. The molecule has 8 heteroatoms. The highest BCUT2D eigenvalue weighted by molar-refractivity contribution is 5.69. The Morgan fingerprint density at radius 3 is 1.54 bits per heavy atom. The SMILES string of the molecule is CCCCCCCCOC(=O)CCCCCCCN(CCCCCCCC(=O)OC(CCCCCCCC)CCCCCCCC)CCCn1ccc(C)nc1=O. The van der Waals surface area contributed by atoms with E-state index in [0.717, 1.165) is 109 Å². The van der Waals surface area contributed by atoms with E-state index in [1.54, 1.807) is 4.57 Å². The van der Waals surface area contributed by atoms with Crippen molar-refractivity contribution in [3.05, 3.63) is 28.4 Å². The van der Waals surface area contributed by atoms with Gasteiger partial charge >= 0.3 is 17.6 Å². The second-order valence-electron chi connectivity index (χ2n) is 17.0. The van der Waals surface area contributed by atoms with Gasteiger partial charge in [0, 0.05) is 31.3 Å². The summed E-state index contributed by atoms with van der Waals surface area (Å²) in [4.78, 5) is 43.9. The van der Waals surface area contributed by atoms with Crippen LogP contribution in [-0.2, 0) is 25.6 Å². The number of aromatic nitrogens is 2. The largest absolute Gasteiger partial charge is 0.466 e. The van der Waals surface area contributed by atoms with Crippen molar-refractivity contribution in [2.45, 2.75) is 252 Å². The van der Waals surface area contributed by atoms with Gasteiger partial charge in [0.2, 0.25) is 0 Å². The van der Waals surface area contributed by atoms with Gasteiger partial charge in [-0.05, 0) is 96.8 Å². The first kappa shape index (κ1) is 52.8. The molecule has 0 bridgehead atoms. The van der Waals surface area contributed by atoms with Crippen LogP contribution in [0.3, 0.4) is 0 Å². The van der Waals surface area contributed by atoms with Crippen LogP contribution in [0.25, 0.3) is 0 Å². The molecule has 0 unspecified atom stereocenters. The predicted molar refractivity (Wildman–Crippen MR) is 240 cm³/mol. The molecule has 0 atom stereocenters. The van der Waals surface area contributed by atoms with E-state index in [4.69, 9.17) is 9.47 Å². The zero-order chi connectivity index (χ0) is 41.4. The number of aryl methyl sites for hydroxylation is 2.